The molecule has 1 amide bonds. The molecule has 168 valence electrons. The van der Waals surface area contributed by atoms with Gasteiger partial charge in [-0.15, -0.1) is 0 Å². The van der Waals surface area contributed by atoms with Gasteiger partial charge in [-0.2, -0.15) is 5.10 Å². The highest BCUT2D eigenvalue weighted by molar-refractivity contribution is 5.96. The second kappa shape index (κ2) is 7.58. The summed E-state index contributed by atoms with van der Waals surface area (Å²) in [6, 6.07) is 5.66. The van der Waals surface area contributed by atoms with Gasteiger partial charge in [-0.3, -0.25) is 14.2 Å². The molecule has 0 aliphatic heterocycles. The Morgan fingerprint density at radius 1 is 1.12 bits per heavy atom. The van der Waals surface area contributed by atoms with Crippen molar-refractivity contribution in [2.24, 2.45) is 7.05 Å². The smallest absolute Gasteiger partial charge is 0.278 e. The van der Waals surface area contributed by atoms with Crippen LogP contribution in [0.3, 0.4) is 0 Å². The monoisotopic (exact) mass is 453 g/mol. The molecule has 1 saturated carbocycles. The molecular weight excluding hydrogens is 435 g/mol. The molecule has 0 radical (unpaired) electrons. The van der Waals surface area contributed by atoms with Crippen LogP contribution in [0, 0.1) is 24.4 Å². The van der Waals surface area contributed by atoms with Crippen LogP contribution in [0.1, 0.15) is 28.8 Å². The molecule has 1 aliphatic rings. The van der Waals surface area contributed by atoms with E-state index in [1.807, 2.05) is 0 Å². The molecule has 1 aliphatic carbocycles. The van der Waals surface area contributed by atoms with Gasteiger partial charge in [-0.25, -0.2) is 22.8 Å². The molecule has 0 bridgehead atoms. The number of aromatic nitrogens is 4. The number of rotatable bonds is 4. The van der Waals surface area contributed by atoms with Gasteiger partial charge in [0.05, 0.1) is 6.20 Å². The van der Waals surface area contributed by atoms with E-state index >= 15 is 0 Å². The lowest BCUT2D eigenvalue weighted by Crippen LogP contribution is -2.26. The number of carbonyl (C=O) groups excluding carboxylic acids is 1. The average Bonchev–Trinajstić information content (AvgIpc) is 3.49. The zero-order chi connectivity index (χ0) is 23.4. The van der Waals surface area contributed by atoms with Gasteiger partial charge in [0.15, 0.2) is 11.5 Å². The minimum absolute atomic E-state index is 0.0584. The third kappa shape index (κ3) is 3.57. The third-order valence-electron chi connectivity index (χ3n) is 5.69. The second-order valence-electron chi connectivity index (χ2n) is 8.06. The number of halogens is 3. The number of nitrogens with zero attached hydrogens (tertiary/aromatic N) is 4. The van der Waals surface area contributed by atoms with E-state index in [2.05, 4.69) is 15.4 Å². The van der Waals surface area contributed by atoms with Crippen molar-refractivity contribution < 1.29 is 18.0 Å². The molecule has 5 rings (SSSR count). The first-order valence-electron chi connectivity index (χ1n) is 10.3. The third-order valence-corrected chi connectivity index (χ3v) is 5.69. The summed E-state index contributed by atoms with van der Waals surface area (Å²) in [4.78, 5) is 30.0. The van der Waals surface area contributed by atoms with Crippen LogP contribution < -0.4 is 10.9 Å². The van der Waals surface area contributed by atoms with Gasteiger partial charge < -0.3 is 5.32 Å². The van der Waals surface area contributed by atoms with Crippen molar-refractivity contribution in [3.8, 4) is 16.9 Å². The first kappa shape index (κ1) is 20.9. The maximum atomic E-state index is 14.7. The van der Waals surface area contributed by atoms with Crippen LogP contribution >= 0.6 is 0 Å². The molecule has 4 aromatic rings. The molecule has 1 N–H and O–H groups in total. The summed E-state index contributed by atoms with van der Waals surface area (Å²) in [7, 11) is 1.45. The lowest BCUT2D eigenvalue weighted by atomic mass is 10.0. The van der Waals surface area contributed by atoms with Gasteiger partial charge >= 0.3 is 0 Å². The molecule has 0 atom stereocenters. The Balaban J connectivity index is 1.67. The Hall–Kier alpha value is -3.95. The van der Waals surface area contributed by atoms with E-state index in [-0.39, 0.29) is 45.3 Å². The number of carbonyl (C=O) groups is 1. The molecule has 0 spiro atoms. The zero-order valence-electron chi connectivity index (χ0n) is 17.7. The Bertz CT molecular complexity index is 1500. The van der Waals surface area contributed by atoms with Crippen molar-refractivity contribution in [2.45, 2.75) is 25.8 Å². The summed E-state index contributed by atoms with van der Waals surface area (Å²) < 4.78 is 44.7. The maximum Gasteiger partial charge on any atom is 0.278 e. The maximum absolute atomic E-state index is 14.7. The van der Waals surface area contributed by atoms with E-state index in [9.17, 15) is 22.8 Å². The van der Waals surface area contributed by atoms with Crippen molar-refractivity contribution in [3.63, 3.8) is 0 Å². The summed E-state index contributed by atoms with van der Waals surface area (Å²) in [5.41, 5.74) is 0.136. The van der Waals surface area contributed by atoms with Crippen molar-refractivity contribution in [3.05, 3.63) is 75.5 Å². The highest BCUT2D eigenvalue weighted by atomic mass is 19.1. The fraction of sp³-hybridized carbons (Fsp3) is 0.217. The lowest BCUT2D eigenvalue weighted by molar-refractivity contribution is 0.0950. The molecule has 2 aromatic carbocycles. The first-order chi connectivity index (χ1) is 15.7. The van der Waals surface area contributed by atoms with Crippen LogP contribution in [0.25, 0.3) is 28.1 Å². The SMILES string of the molecule is Cc1c(F)cc(C(=O)NC2CC2)cc1-c1nc2cnn(-c3ccc(F)cc3F)c2n(C)c1=O. The van der Waals surface area contributed by atoms with Crippen LogP contribution in [0.15, 0.2) is 41.3 Å². The minimum atomic E-state index is -0.858. The first-order valence-corrected chi connectivity index (χ1v) is 10.3. The van der Waals surface area contributed by atoms with Crippen molar-refractivity contribution in [1.82, 2.24) is 24.6 Å². The number of aryl methyl sites for hydroxylation is 1. The molecule has 1 fully saturated rings. The van der Waals surface area contributed by atoms with Gasteiger partial charge in [-0.05, 0) is 49.6 Å². The molecule has 33 heavy (non-hydrogen) atoms. The van der Waals surface area contributed by atoms with E-state index in [1.54, 1.807) is 0 Å². The molecule has 7 nitrogen and oxygen atoms in total. The molecule has 2 aromatic heterocycles. The Kier molecular flexibility index (Phi) is 4.80. The Morgan fingerprint density at radius 3 is 2.58 bits per heavy atom. The predicted octanol–water partition coefficient (Wildman–Crippen LogP) is 3.40. The summed E-state index contributed by atoms with van der Waals surface area (Å²) in [5.74, 6) is -2.66. The quantitative estimate of drug-likeness (QED) is 0.514. The normalized spacial score (nSPS) is 13.5. The molecule has 10 heteroatoms. The number of nitrogens with one attached hydrogen (secondary N) is 1. The predicted molar refractivity (Wildman–Crippen MR) is 115 cm³/mol. The fourth-order valence-electron chi connectivity index (χ4n) is 3.71. The van der Waals surface area contributed by atoms with E-state index < -0.39 is 28.9 Å². The summed E-state index contributed by atoms with van der Waals surface area (Å²) in [5, 5.41) is 6.91. The van der Waals surface area contributed by atoms with Gasteiger partial charge in [0.1, 0.15) is 28.5 Å². The minimum Gasteiger partial charge on any atom is -0.349 e. The molecule has 0 saturated heterocycles. The van der Waals surface area contributed by atoms with Crippen molar-refractivity contribution in [2.75, 3.05) is 0 Å². The molecular formula is C23H18F3N5O2. The summed E-state index contributed by atoms with van der Waals surface area (Å²) >= 11 is 0. The van der Waals surface area contributed by atoms with Crippen LogP contribution in [0.5, 0.6) is 0 Å². The average molecular weight is 453 g/mol. The lowest BCUT2D eigenvalue weighted by Gasteiger charge is -2.12. The van der Waals surface area contributed by atoms with Crippen LogP contribution in [0.2, 0.25) is 0 Å². The number of fused-ring (bicyclic) bond motifs is 1. The number of benzene rings is 2. The van der Waals surface area contributed by atoms with Crippen LogP contribution in [0.4, 0.5) is 13.2 Å². The number of amides is 1. The molecule has 2 heterocycles. The van der Waals surface area contributed by atoms with E-state index in [0.717, 1.165) is 29.7 Å². The number of hydrogen-bond acceptors (Lipinski definition) is 4. The van der Waals surface area contributed by atoms with E-state index in [0.29, 0.717) is 6.07 Å². The zero-order valence-corrected chi connectivity index (χ0v) is 17.7. The largest absolute Gasteiger partial charge is 0.349 e. The van der Waals surface area contributed by atoms with Crippen LogP contribution in [-0.2, 0) is 7.05 Å². The van der Waals surface area contributed by atoms with Gasteiger partial charge in [0, 0.05) is 30.3 Å². The van der Waals surface area contributed by atoms with Gasteiger partial charge in [0.25, 0.3) is 11.5 Å². The Labute approximate surface area is 185 Å². The van der Waals surface area contributed by atoms with Gasteiger partial charge in [-0.1, -0.05) is 0 Å². The fourth-order valence-corrected chi connectivity index (χ4v) is 3.71. The highest BCUT2D eigenvalue weighted by Gasteiger charge is 2.26. The van der Waals surface area contributed by atoms with Crippen LogP contribution in [-0.4, -0.2) is 31.3 Å². The summed E-state index contributed by atoms with van der Waals surface area (Å²) in [6.07, 6.45) is 3.09. The second-order valence-corrected chi connectivity index (χ2v) is 8.06. The Morgan fingerprint density at radius 2 is 1.88 bits per heavy atom. The highest BCUT2D eigenvalue weighted by Crippen LogP contribution is 2.27. The van der Waals surface area contributed by atoms with E-state index in [1.165, 1.54) is 36.9 Å². The standard InChI is InChI=1S/C23H18F3N5O2/c1-11-15(7-12(8-16(11)25)21(32)28-14-4-5-14)20-23(33)30(2)22-18(29-20)10-27-31(22)19-6-3-13(24)9-17(19)26/h3,6-10,14H,4-5H2,1-2H3,(H,28,32). The molecule has 0 unspecified atom stereocenters. The van der Waals surface area contributed by atoms with E-state index in [4.69, 9.17) is 0 Å². The van der Waals surface area contributed by atoms with Crippen molar-refractivity contribution in [1.29, 1.82) is 0 Å². The number of hydrogen-bond donors (Lipinski definition) is 1. The van der Waals surface area contributed by atoms with Crippen molar-refractivity contribution >= 4 is 17.1 Å². The topological polar surface area (TPSA) is 81.8 Å². The van der Waals surface area contributed by atoms with Gasteiger partial charge in [0.2, 0.25) is 0 Å². The summed E-state index contributed by atoms with van der Waals surface area (Å²) in [6.45, 7) is 1.50.